The van der Waals surface area contributed by atoms with Gasteiger partial charge in [0.15, 0.2) is 0 Å². The Morgan fingerprint density at radius 2 is 2.35 bits per heavy atom. The zero-order valence-corrected chi connectivity index (χ0v) is 10.9. The average molecular weight is 315 g/mol. The van der Waals surface area contributed by atoms with E-state index in [0.717, 1.165) is 0 Å². The first-order valence-corrected chi connectivity index (χ1v) is 6.28. The van der Waals surface area contributed by atoms with Crippen molar-refractivity contribution < 1.29 is 4.39 Å². The van der Waals surface area contributed by atoms with Crippen LogP contribution in [0.3, 0.4) is 0 Å². The molecular weight excluding hydrogens is 307 g/mol. The molecule has 1 aromatic heterocycles. The van der Waals surface area contributed by atoms with Crippen molar-refractivity contribution in [3.05, 3.63) is 39.4 Å². The van der Waals surface area contributed by atoms with Crippen LogP contribution in [0.4, 0.5) is 15.3 Å². The molecule has 0 fully saturated rings. The van der Waals surface area contributed by atoms with Crippen molar-refractivity contribution in [3.8, 4) is 0 Å². The molecular formula is C10H8BrFN4S. The van der Waals surface area contributed by atoms with Gasteiger partial charge < -0.3 is 5.73 Å². The summed E-state index contributed by atoms with van der Waals surface area (Å²) in [6.45, 7) is 0. The van der Waals surface area contributed by atoms with Crippen LogP contribution in [0.25, 0.3) is 0 Å². The van der Waals surface area contributed by atoms with E-state index in [-0.39, 0.29) is 5.82 Å². The molecule has 0 aliphatic rings. The smallest absolute Gasteiger partial charge is 0.205 e. The minimum absolute atomic E-state index is 0.350. The van der Waals surface area contributed by atoms with Crippen LogP contribution in [-0.4, -0.2) is 11.2 Å². The van der Waals surface area contributed by atoms with Crippen molar-refractivity contribution in [1.29, 1.82) is 0 Å². The molecule has 0 saturated carbocycles. The van der Waals surface area contributed by atoms with Crippen molar-refractivity contribution in [1.82, 2.24) is 4.98 Å². The molecule has 1 aromatic carbocycles. The Labute approximate surface area is 110 Å². The summed E-state index contributed by atoms with van der Waals surface area (Å²) in [5.41, 5.74) is 8.51. The topological polar surface area (TPSA) is 63.3 Å². The lowest BCUT2D eigenvalue weighted by Gasteiger charge is -1.98. The highest BCUT2D eigenvalue weighted by atomic mass is 79.9. The van der Waals surface area contributed by atoms with Gasteiger partial charge in [-0.25, -0.2) is 9.37 Å². The summed E-state index contributed by atoms with van der Waals surface area (Å²) in [6, 6.07) is 4.99. The first kappa shape index (κ1) is 12.0. The van der Waals surface area contributed by atoms with Crippen LogP contribution in [0.1, 0.15) is 5.56 Å². The molecule has 2 aromatic rings. The molecule has 0 unspecified atom stereocenters. The Balaban J connectivity index is 2.08. The summed E-state index contributed by atoms with van der Waals surface area (Å²) in [5.74, 6) is 0.0815. The van der Waals surface area contributed by atoms with E-state index in [1.54, 1.807) is 23.6 Å². The predicted octanol–water partition coefficient (Wildman–Crippen LogP) is 3.07. The van der Waals surface area contributed by atoms with Gasteiger partial charge in [-0.3, -0.25) is 5.43 Å². The highest BCUT2D eigenvalue weighted by molar-refractivity contribution is 9.10. The van der Waals surface area contributed by atoms with Gasteiger partial charge in [-0.05, 0) is 22.0 Å². The van der Waals surface area contributed by atoms with Crippen LogP contribution in [0, 0.1) is 5.82 Å². The van der Waals surface area contributed by atoms with Gasteiger partial charge in [0.2, 0.25) is 5.13 Å². The second-order valence-electron chi connectivity index (χ2n) is 3.09. The van der Waals surface area contributed by atoms with Crippen LogP contribution in [0.5, 0.6) is 0 Å². The number of nitrogens with one attached hydrogen (secondary N) is 1. The Bertz CT molecular complexity index is 555. The number of nitrogens with zero attached hydrogens (tertiary/aromatic N) is 2. The largest absolute Gasteiger partial charge is 0.383 e. The molecule has 4 nitrogen and oxygen atoms in total. The second-order valence-corrected chi connectivity index (χ2v) is 4.80. The number of aromatic nitrogens is 1. The van der Waals surface area contributed by atoms with E-state index in [2.05, 4.69) is 31.4 Å². The predicted molar refractivity (Wildman–Crippen MR) is 71.8 cm³/mol. The Kier molecular flexibility index (Phi) is 3.70. The fraction of sp³-hybridized carbons (Fsp3) is 0. The highest BCUT2D eigenvalue weighted by Gasteiger charge is 2.02. The number of benzene rings is 1. The number of rotatable bonds is 3. The summed E-state index contributed by atoms with van der Waals surface area (Å²) in [4.78, 5) is 3.95. The van der Waals surface area contributed by atoms with E-state index in [1.807, 2.05) is 0 Å². The lowest BCUT2D eigenvalue weighted by molar-refractivity contribution is 0.619. The van der Waals surface area contributed by atoms with Crippen molar-refractivity contribution in [2.45, 2.75) is 0 Å². The van der Waals surface area contributed by atoms with Crippen LogP contribution >= 0.6 is 27.3 Å². The molecule has 7 heteroatoms. The third kappa shape index (κ3) is 3.01. The van der Waals surface area contributed by atoms with E-state index in [1.165, 1.54) is 17.6 Å². The quantitative estimate of drug-likeness (QED) is 0.676. The molecule has 0 radical (unpaired) electrons. The number of hydrazone groups is 1. The van der Waals surface area contributed by atoms with E-state index < -0.39 is 0 Å². The first-order valence-electron chi connectivity index (χ1n) is 4.61. The number of hydrogen-bond donors (Lipinski definition) is 2. The summed E-state index contributed by atoms with van der Waals surface area (Å²) in [7, 11) is 0. The third-order valence-electron chi connectivity index (χ3n) is 1.87. The molecule has 0 spiro atoms. The molecule has 0 amide bonds. The highest BCUT2D eigenvalue weighted by Crippen LogP contribution is 2.18. The number of hydrogen-bond acceptors (Lipinski definition) is 5. The van der Waals surface area contributed by atoms with Crippen molar-refractivity contribution in [3.63, 3.8) is 0 Å². The summed E-state index contributed by atoms with van der Waals surface area (Å²) in [6.07, 6.45) is 1.39. The lowest BCUT2D eigenvalue weighted by atomic mass is 10.2. The Hall–Kier alpha value is -1.47. The molecule has 17 heavy (non-hydrogen) atoms. The van der Waals surface area contributed by atoms with E-state index in [4.69, 9.17) is 5.73 Å². The molecule has 2 rings (SSSR count). The van der Waals surface area contributed by atoms with Gasteiger partial charge in [0.1, 0.15) is 11.6 Å². The molecule has 1 heterocycles. The van der Waals surface area contributed by atoms with Gasteiger partial charge in [-0.2, -0.15) is 5.10 Å². The zero-order valence-electron chi connectivity index (χ0n) is 8.52. The number of nitrogens with two attached hydrogens (primary N) is 1. The summed E-state index contributed by atoms with van der Waals surface area (Å²) >= 11 is 4.43. The van der Waals surface area contributed by atoms with Crippen molar-refractivity contribution >= 4 is 44.4 Å². The normalized spacial score (nSPS) is 10.9. The van der Waals surface area contributed by atoms with E-state index in [0.29, 0.717) is 21.0 Å². The molecule has 0 aliphatic carbocycles. The van der Waals surface area contributed by atoms with Crippen LogP contribution in [-0.2, 0) is 0 Å². The molecule has 0 aliphatic heterocycles. The van der Waals surface area contributed by atoms with E-state index >= 15 is 0 Å². The maximum Gasteiger partial charge on any atom is 0.205 e. The fourth-order valence-corrected chi connectivity index (χ4v) is 2.04. The summed E-state index contributed by atoms with van der Waals surface area (Å²) in [5, 5.41) is 6.14. The molecule has 3 N–H and O–H groups in total. The minimum Gasteiger partial charge on any atom is -0.383 e. The van der Waals surface area contributed by atoms with Gasteiger partial charge in [-0.15, -0.1) is 11.3 Å². The number of halogens is 2. The summed E-state index contributed by atoms with van der Waals surface area (Å²) < 4.78 is 13.9. The van der Waals surface area contributed by atoms with Gasteiger partial charge >= 0.3 is 0 Å². The monoisotopic (exact) mass is 314 g/mol. The molecule has 0 bridgehead atoms. The number of anilines is 2. The van der Waals surface area contributed by atoms with Crippen LogP contribution in [0.2, 0.25) is 0 Å². The number of thiazole rings is 1. The SMILES string of the molecule is Nc1csc(NN=Cc2cccc(Br)c2F)n1. The zero-order chi connectivity index (χ0) is 12.3. The van der Waals surface area contributed by atoms with Crippen LogP contribution in [0.15, 0.2) is 33.2 Å². The fourth-order valence-electron chi connectivity index (χ4n) is 1.11. The minimum atomic E-state index is -0.350. The molecule has 0 atom stereocenters. The molecule has 0 saturated heterocycles. The Morgan fingerprint density at radius 3 is 3.06 bits per heavy atom. The standard InChI is InChI=1S/C10H8BrFN4S/c11-7-3-1-2-6(9(7)12)4-14-16-10-15-8(13)5-17-10/h1-5H,13H2,(H,15,16). The maximum absolute atomic E-state index is 13.5. The van der Waals surface area contributed by atoms with Gasteiger partial charge in [0, 0.05) is 10.9 Å². The van der Waals surface area contributed by atoms with Gasteiger partial charge in [-0.1, -0.05) is 12.1 Å². The average Bonchev–Trinajstić information content (AvgIpc) is 2.70. The molecule has 88 valence electrons. The van der Waals surface area contributed by atoms with Gasteiger partial charge in [0.05, 0.1) is 10.7 Å². The number of nitrogen functional groups attached to an aromatic ring is 1. The van der Waals surface area contributed by atoms with E-state index in [9.17, 15) is 4.39 Å². The Morgan fingerprint density at radius 1 is 1.53 bits per heavy atom. The van der Waals surface area contributed by atoms with Crippen LogP contribution < -0.4 is 11.2 Å². The first-order chi connectivity index (χ1) is 8.16. The second kappa shape index (κ2) is 5.24. The van der Waals surface area contributed by atoms with Gasteiger partial charge in [0.25, 0.3) is 0 Å². The lowest BCUT2D eigenvalue weighted by Crippen LogP contribution is -1.93. The van der Waals surface area contributed by atoms with Crippen molar-refractivity contribution in [2.24, 2.45) is 5.10 Å². The third-order valence-corrected chi connectivity index (χ3v) is 3.24. The maximum atomic E-state index is 13.5. The van der Waals surface area contributed by atoms with Crippen molar-refractivity contribution in [2.75, 3.05) is 11.2 Å².